The second-order valence-electron chi connectivity index (χ2n) is 4.07. The second kappa shape index (κ2) is 5.22. The van der Waals surface area contributed by atoms with Crippen molar-refractivity contribution in [2.75, 3.05) is 5.32 Å². The first-order valence-electron chi connectivity index (χ1n) is 5.48. The van der Waals surface area contributed by atoms with Crippen LogP contribution in [0.2, 0.25) is 0 Å². The van der Waals surface area contributed by atoms with Crippen molar-refractivity contribution in [2.24, 2.45) is 11.8 Å². The van der Waals surface area contributed by atoms with Crippen LogP contribution in [0.5, 0.6) is 0 Å². The number of anilines is 1. The van der Waals surface area contributed by atoms with Crippen molar-refractivity contribution in [3.05, 3.63) is 5.51 Å². The van der Waals surface area contributed by atoms with Crippen LogP contribution in [0.25, 0.3) is 0 Å². The highest BCUT2D eigenvalue weighted by molar-refractivity contribution is 7.13. The summed E-state index contributed by atoms with van der Waals surface area (Å²) in [4.78, 5) is 23.0. The molecule has 2 rings (SSSR count). The highest BCUT2D eigenvalue weighted by Gasteiger charge is 2.35. The highest BCUT2D eigenvalue weighted by Crippen LogP contribution is 2.31. The molecule has 0 radical (unpaired) electrons. The Morgan fingerprint density at radius 3 is 2.65 bits per heavy atom. The summed E-state index contributed by atoms with van der Waals surface area (Å²) in [5.41, 5.74) is 1.52. The van der Waals surface area contributed by atoms with Crippen LogP contribution in [0.3, 0.4) is 0 Å². The lowest BCUT2D eigenvalue weighted by Gasteiger charge is -2.26. The SMILES string of the molecule is O=C(Nc1nncs1)[C@H]1CCCC[C@H]1C(=O)O. The first-order valence-corrected chi connectivity index (χ1v) is 6.36. The van der Waals surface area contributed by atoms with Gasteiger partial charge in [0, 0.05) is 0 Å². The van der Waals surface area contributed by atoms with Gasteiger partial charge in [-0.1, -0.05) is 24.2 Å². The minimum absolute atomic E-state index is 0.256. The van der Waals surface area contributed by atoms with Crippen LogP contribution in [0.1, 0.15) is 25.7 Å². The standard InChI is InChI=1S/C10H13N3O3S/c14-8(12-10-13-11-5-17-10)6-3-1-2-4-7(6)9(15)16/h5-7H,1-4H2,(H,15,16)(H,12,13,14)/t6-,7+/m0/s1. The number of hydrogen-bond acceptors (Lipinski definition) is 5. The van der Waals surface area contributed by atoms with E-state index in [0.717, 1.165) is 12.8 Å². The molecule has 1 fully saturated rings. The molecule has 2 atom stereocenters. The molecule has 0 saturated heterocycles. The molecule has 0 spiro atoms. The topological polar surface area (TPSA) is 92.2 Å². The van der Waals surface area contributed by atoms with Gasteiger partial charge in [-0.05, 0) is 12.8 Å². The Bertz CT molecular complexity index is 407. The average molecular weight is 255 g/mol. The molecule has 6 nitrogen and oxygen atoms in total. The molecular weight excluding hydrogens is 242 g/mol. The quantitative estimate of drug-likeness (QED) is 0.851. The smallest absolute Gasteiger partial charge is 0.307 e. The monoisotopic (exact) mass is 255 g/mol. The van der Waals surface area contributed by atoms with Gasteiger partial charge >= 0.3 is 5.97 Å². The van der Waals surface area contributed by atoms with Gasteiger partial charge in [-0.25, -0.2) is 0 Å². The van der Waals surface area contributed by atoms with Gasteiger partial charge in [0.15, 0.2) is 0 Å². The number of carbonyl (C=O) groups is 2. The molecule has 17 heavy (non-hydrogen) atoms. The molecule has 1 heterocycles. The van der Waals surface area contributed by atoms with Gasteiger partial charge in [-0.2, -0.15) is 0 Å². The van der Waals surface area contributed by atoms with Crippen molar-refractivity contribution < 1.29 is 14.7 Å². The molecule has 7 heteroatoms. The number of aromatic nitrogens is 2. The van der Waals surface area contributed by atoms with Gasteiger partial charge in [0.1, 0.15) is 5.51 Å². The van der Waals surface area contributed by atoms with Gasteiger partial charge in [0.05, 0.1) is 11.8 Å². The van der Waals surface area contributed by atoms with Gasteiger partial charge in [-0.15, -0.1) is 10.2 Å². The van der Waals surface area contributed by atoms with E-state index < -0.39 is 17.8 Å². The number of aliphatic carboxylic acids is 1. The maximum absolute atomic E-state index is 11.9. The largest absolute Gasteiger partial charge is 0.481 e. The third kappa shape index (κ3) is 2.79. The number of nitrogens with one attached hydrogen (secondary N) is 1. The number of nitrogens with zero attached hydrogens (tertiary/aromatic N) is 2. The van der Waals surface area contributed by atoms with E-state index in [2.05, 4.69) is 15.5 Å². The molecule has 1 amide bonds. The fourth-order valence-corrected chi connectivity index (χ4v) is 2.61. The van der Waals surface area contributed by atoms with E-state index in [1.54, 1.807) is 0 Å². The number of amides is 1. The molecule has 0 unspecified atom stereocenters. The molecule has 1 saturated carbocycles. The number of rotatable bonds is 3. The predicted octanol–water partition coefficient (Wildman–Crippen LogP) is 1.37. The maximum Gasteiger partial charge on any atom is 0.307 e. The third-order valence-electron chi connectivity index (χ3n) is 3.01. The first-order chi connectivity index (χ1) is 8.18. The van der Waals surface area contributed by atoms with E-state index in [0.29, 0.717) is 18.0 Å². The lowest BCUT2D eigenvalue weighted by atomic mass is 9.79. The van der Waals surface area contributed by atoms with Crippen LogP contribution >= 0.6 is 11.3 Å². The predicted molar refractivity (Wildman–Crippen MR) is 61.6 cm³/mol. The first kappa shape index (κ1) is 12.0. The van der Waals surface area contributed by atoms with Gasteiger partial charge in [0.2, 0.25) is 11.0 Å². The van der Waals surface area contributed by atoms with Crippen molar-refractivity contribution in [2.45, 2.75) is 25.7 Å². The van der Waals surface area contributed by atoms with Crippen LogP contribution in [-0.2, 0) is 9.59 Å². The van der Waals surface area contributed by atoms with Crippen molar-refractivity contribution in [1.82, 2.24) is 10.2 Å². The Morgan fingerprint density at radius 1 is 1.35 bits per heavy atom. The highest BCUT2D eigenvalue weighted by atomic mass is 32.1. The van der Waals surface area contributed by atoms with E-state index in [-0.39, 0.29) is 5.91 Å². The third-order valence-corrected chi connectivity index (χ3v) is 3.62. The Hall–Kier alpha value is -1.50. The van der Waals surface area contributed by atoms with Crippen LogP contribution in [0, 0.1) is 11.8 Å². The molecule has 1 aliphatic rings. The molecule has 1 aromatic heterocycles. The van der Waals surface area contributed by atoms with Gasteiger partial charge < -0.3 is 10.4 Å². The molecule has 92 valence electrons. The lowest BCUT2D eigenvalue weighted by molar-refractivity contribution is -0.147. The van der Waals surface area contributed by atoms with E-state index in [1.807, 2.05) is 0 Å². The number of carboxylic acid groups (broad SMARTS) is 1. The Labute approximate surface area is 102 Å². The molecule has 0 bridgehead atoms. The normalized spacial score (nSPS) is 24.2. The minimum atomic E-state index is -0.887. The van der Waals surface area contributed by atoms with Gasteiger partial charge in [0.25, 0.3) is 0 Å². The zero-order chi connectivity index (χ0) is 12.3. The van der Waals surface area contributed by atoms with E-state index in [1.165, 1.54) is 16.8 Å². The summed E-state index contributed by atoms with van der Waals surface area (Å²) in [6.45, 7) is 0. The molecule has 1 aromatic rings. The number of carbonyl (C=O) groups excluding carboxylic acids is 1. The summed E-state index contributed by atoms with van der Waals surface area (Å²) in [6, 6.07) is 0. The van der Waals surface area contributed by atoms with Crippen molar-refractivity contribution in [3.63, 3.8) is 0 Å². The molecule has 0 aliphatic heterocycles. The van der Waals surface area contributed by atoms with Gasteiger partial charge in [-0.3, -0.25) is 9.59 Å². The summed E-state index contributed by atoms with van der Waals surface area (Å²) in [6.07, 6.45) is 2.97. The van der Waals surface area contributed by atoms with E-state index in [9.17, 15) is 9.59 Å². The Morgan fingerprint density at radius 2 is 2.06 bits per heavy atom. The van der Waals surface area contributed by atoms with Crippen molar-refractivity contribution in [1.29, 1.82) is 0 Å². The lowest BCUT2D eigenvalue weighted by Crippen LogP contribution is -2.36. The number of hydrogen-bond donors (Lipinski definition) is 2. The summed E-state index contributed by atoms with van der Waals surface area (Å²) in [7, 11) is 0. The van der Waals surface area contributed by atoms with Crippen LogP contribution in [0.15, 0.2) is 5.51 Å². The second-order valence-corrected chi connectivity index (χ2v) is 4.90. The summed E-state index contributed by atoms with van der Waals surface area (Å²) in [5, 5.41) is 19.4. The zero-order valence-electron chi connectivity index (χ0n) is 9.13. The van der Waals surface area contributed by atoms with Crippen LogP contribution < -0.4 is 5.32 Å². The Balaban J connectivity index is 2.03. The Kier molecular flexibility index (Phi) is 3.68. The van der Waals surface area contributed by atoms with Crippen LogP contribution in [-0.4, -0.2) is 27.2 Å². The summed E-state index contributed by atoms with van der Waals surface area (Å²) < 4.78 is 0. The summed E-state index contributed by atoms with van der Waals surface area (Å²) >= 11 is 1.22. The van der Waals surface area contributed by atoms with Crippen molar-refractivity contribution >= 4 is 28.3 Å². The minimum Gasteiger partial charge on any atom is -0.481 e. The van der Waals surface area contributed by atoms with E-state index in [4.69, 9.17) is 5.11 Å². The molecule has 0 aromatic carbocycles. The molecule has 2 N–H and O–H groups in total. The fraction of sp³-hybridized carbons (Fsp3) is 0.600. The maximum atomic E-state index is 11.9. The van der Waals surface area contributed by atoms with E-state index >= 15 is 0 Å². The van der Waals surface area contributed by atoms with Crippen LogP contribution in [0.4, 0.5) is 5.13 Å². The zero-order valence-corrected chi connectivity index (χ0v) is 9.94. The molecular formula is C10H13N3O3S. The fourth-order valence-electron chi connectivity index (χ4n) is 2.17. The molecule has 1 aliphatic carbocycles. The summed E-state index contributed by atoms with van der Waals surface area (Å²) in [5.74, 6) is -2.17. The van der Waals surface area contributed by atoms with Crippen molar-refractivity contribution in [3.8, 4) is 0 Å². The number of carboxylic acids is 1. The average Bonchev–Trinajstić information content (AvgIpc) is 2.81.